The number of thiophene rings is 2. The first-order valence-electron chi connectivity index (χ1n) is 19.0. The molecule has 4 nitrogen and oxygen atoms in total. The SMILES string of the molecule is [2H]c1c([2H])c([2H])c(-c2nc(-c3cccc4c3sc3ccccc34)nc(-c3cccc4sc5c(-n6c7ccccc7c7ccccc76)cccc5c34)n2)c([2H])c1[2H]. The van der Waals surface area contributed by atoms with Crippen molar-refractivity contribution in [2.24, 2.45) is 0 Å². The van der Waals surface area contributed by atoms with Crippen molar-refractivity contribution in [2.45, 2.75) is 0 Å². The highest BCUT2D eigenvalue weighted by Crippen LogP contribution is 2.45. The minimum absolute atomic E-state index is 0.0163. The van der Waals surface area contributed by atoms with Crippen LogP contribution in [0.3, 0.4) is 0 Å². The van der Waals surface area contributed by atoms with E-state index >= 15 is 0 Å². The van der Waals surface area contributed by atoms with Gasteiger partial charge >= 0.3 is 0 Å². The van der Waals surface area contributed by atoms with Crippen molar-refractivity contribution in [2.75, 3.05) is 0 Å². The maximum absolute atomic E-state index is 8.88. The second kappa shape index (κ2) is 11.2. The number of nitrogens with zero attached hydrogens (tertiary/aromatic N) is 4. The number of benzene rings is 7. The summed E-state index contributed by atoms with van der Waals surface area (Å²) in [5.41, 5.74) is 4.78. The molecule has 0 aliphatic heterocycles. The number of hydrogen-bond donors (Lipinski definition) is 0. The van der Waals surface area contributed by atoms with Gasteiger partial charge in [0.2, 0.25) is 0 Å². The monoisotopic (exact) mass is 691 g/mol. The molecule has 0 N–H and O–H groups in total. The van der Waals surface area contributed by atoms with Gasteiger partial charge in [-0.3, -0.25) is 0 Å². The van der Waals surface area contributed by atoms with E-state index in [1.165, 1.54) is 10.8 Å². The average molecular weight is 692 g/mol. The molecule has 6 heteroatoms. The highest BCUT2D eigenvalue weighted by molar-refractivity contribution is 7.26. The molecule has 0 saturated heterocycles. The molecule has 7 aromatic carbocycles. The van der Waals surface area contributed by atoms with Gasteiger partial charge in [0.15, 0.2) is 17.5 Å². The summed E-state index contributed by atoms with van der Waals surface area (Å²) < 4.78 is 49.6. The lowest BCUT2D eigenvalue weighted by atomic mass is 10.0. The summed E-state index contributed by atoms with van der Waals surface area (Å²) in [6.45, 7) is 0. The van der Waals surface area contributed by atoms with E-state index in [-0.39, 0.29) is 23.5 Å². The van der Waals surface area contributed by atoms with Crippen LogP contribution in [0.25, 0.3) is 102 Å². The molecule has 11 aromatic rings. The molecule has 0 fully saturated rings. The predicted molar refractivity (Wildman–Crippen MR) is 216 cm³/mol. The van der Waals surface area contributed by atoms with Crippen molar-refractivity contribution in [1.82, 2.24) is 19.5 Å². The highest BCUT2D eigenvalue weighted by Gasteiger charge is 2.21. The molecule has 0 aliphatic carbocycles. The van der Waals surface area contributed by atoms with Crippen LogP contribution in [0, 0.1) is 0 Å². The van der Waals surface area contributed by atoms with Crippen LogP contribution in [-0.4, -0.2) is 19.5 Å². The Hall–Kier alpha value is -6.21. The van der Waals surface area contributed by atoms with Crippen LogP contribution in [0.1, 0.15) is 6.85 Å². The van der Waals surface area contributed by atoms with Gasteiger partial charge in [-0.25, -0.2) is 15.0 Å². The fourth-order valence-electron chi connectivity index (χ4n) is 7.39. The molecule has 0 amide bonds. The lowest BCUT2D eigenvalue weighted by molar-refractivity contribution is 1.08. The Balaban J connectivity index is 1.21. The molecule has 0 aliphatic rings. The average Bonchev–Trinajstić information content (AvgIpc) is 3.92. The number of para-hydroxylation sites is 2. The third-order valence-electron chi connectivity index (χ3n) is 9.57. The summed E-state index contributed by atoms with van der Waals surface area (Å²) in [5, 5.41) is 6.58. The van der Waals surface area contributed by atoms with Crippen molar-refractivity contribution in [3.8, 4) is 39.9 Å². The summed E-state index contributed by atoms with van der Waals surface area (Å²) in [5.74, 6) is 0.724. The smallest absolute Gasteiger partial charge is 0.165 e. The standard InChI is InChI=1S/C45H26N4S2/c1-2-13-27(14-3-1)43-46-44(48-45(47-43)34-21-10-18-31-30-17-6-9-25-38(30)50-41(31)34)33-20-12-26-39-40(33)32-19-11-24-37(42(32)51-39)49-35-22-7-4-15-28(35)29-16-5-8-23-36(29)49/h1-26H/i1D,2D,3D,13D,14D. The van der Waals surface area contributed by atoms with Crippen LogP contribution >= 0.6 is 22.7 Å². The van der Waals surface area contributed by atoms with E-state index < -0.39 is 18.1 Å². The van der Waals surface area contributed by atoms with Gasteiger partial charge in [-0.05, 0) is 36.4 Å². The van der Waals surface area contributed by atoms with E-state index in [0.29, 0.717) is 11.6 Å². The topological polar surface area (TPSA) is 43.6 Å². The fourth-order valence-corrected chi connectivity index (χ4v) is 9.84. The van der Waals surface area contributed by atoms with Gasteiger partial charge in [0.25, 0.3) is 0 Å². The number of rotatable bonds is 4. The van der Waals surface area contributed by atoms with Gasteiger partial charge in [-0.1, -0.05) is 121 Å². The number of fused-ring (bicyclic) bond motifs is 9. The summed E-state index contributed by atoms with van der Waals surface area (Å²) in [7, 11) is 0. The molecular weight excluding hydrogens is 661 g/mol. The number of aromatic nitrogens is 4. The van der Waals surface area contributed by atoms with E-state index in [4.69, 9.17) is 21.8 Å². The van der Waals surface area contributed by atoms with E-state index in [0.717, 1.165) is 68.2 Å². The Morgan fingerprint density at radius 3 is 1.82 bits per heavy atom. The van der Waals surface area contributed by atoms with Crippen LogP contribution < -0.4 is 0 Å². The van der Waals surface area contributed by atoms with Crippen molar-refractivity contribution < 1.29 is 6.85 Å². The van der Waals surface area contributed by atoms with E-state index in [9.17, 15) is 0 Å². The van der Waals surface area contributed by atoms with Gasteiger partial charge < -0.3 is 4.57 Å². The molecule has 4 heterocycles. The van der Waals surface area contributed by atoms with Gasteiger partial charge in [0.05, 0.1) is 28.3 Å². The summed E-state index contributed by atoms with van der Waals surface area (Å²) in [6, 6.07) is 41.6. The van der Waals surface area contributed by atoms with Crippen LogP contribution in [0.15, 0.2) is 158 Å². The second-order valence-electron chi connectivity index (χ2n) is 12.4. The highest BCUT2D eigenvalue weighted by atomic mass is 32.1. The Morgan fingerprint density at radius 1 is 0.451 bits per heavy atom. The quantitative estimate of drug-likeness (QED) is 0.184. The van der Waals surface area contributed by atoms with Crippen molar-refractivity contribution >= 4 is 84.8 Å². The van der Waals surface area contributed by atoms with Gasteiger partial charge in [-0.15, -0.1) is 22.7 Å². The lowest BCUT2D eigenvalue weighted by Gasteiger charge is -2.11. The molecule has 0 radical (unpaired) electrons. The fraction of sp³-hybridized carbons (Fsp3) is 0. The molecule has 51 heavy (non-hydrogen) atoms. The second-order valence-corrected chi connectivity index (χ2v) is 14.5. The molecular formula is C45H26N4S2. The lowest BCUT2D eigenvalue weighted by Crippen LogP contribution is -2.00. The zero-order chi connectivity index (χ0) is 37.8. The normalized spacial score (nSPS) is 13.3. The van der Waals surface area contributed by atoms with Crippen LogP contribution in [-0.2, 0) is 0 Å². The minimum atomic E-state index is -0.470. The largest absolute Gasteiger partial charge is 0.308 e. The van der Waals surface area contributed by atoms with Crippen molar-refractivity contribution in [1.29, 1.82) is 0 Å². The molecule has 0 spiro atoms. The van der Waals surface area contributed by atoms with Crippen LogP contribution in [0.5, 0.6) is 0 Å². The first kappa shape index (κ1) is 24.0. The van der Waals surface area contributed by atoms with E-state index in [1.807, 2.05) is 36.4 Å². The Kier molecular flexibility index (Phi) is 5.25. The molecule has 238 valence electrons. The van der Waals surface area contributed by atoms with Crippen LogP contribution in [0.2, 0.25) is 0 Å². The van der Waals surface area contributed by atoms with Gasteiger partial charge in [-0.2, -0.15) is 0 Å². The molecule has 0 bridgehead atoms. The predicted octanol–water partition coefficient (Wildman–Crippen LogP) is 12.7. The zero-order valence-electron chi connectivity index (χ0n) is 31.7. The molecule has 0 unspecified atom stereocenters. The molecule has 0 saturated carbocycles. The van der Waals surface area contributed by atoms with Crippen molar-refractivity contribution in [3.63, 3.8) is 0 Å². The van der Waals surface area contributed by atoms with Crippen molar-refractivity contribution in [3.05, 3.63) is 158 Å². The number of hydrogen-bond acceptors (Lipinski definition) is 5. The minimum Gasteiger partial charge on any atom is -0.308 e. The maximum atomic E-state index is 8.88. The van der Waals surface area contributed by atoms with Gasteiger partial charge in [0, 0.05) is 63.1 Å². The summed E-state index contributed by atoms with van der Waals surface area (Å²) in [4.78, 5) is 15.0. The first-order chi connectivity index (χ1) is 27.4. The Morgan fingerprint density at radius 2 is 1.02 bits per heavy atom. The third kappa shape index (κ3) is 4.34. The molecule has 11 rings (SSSR count). The Bertz CT molecular complexity index is 3380. The summed E-state index contributed by atoms with van der Waals surface area (Å²) >= 11 is 3.35. The molecule has 0 atom stereocenters. The maximum Gasteiger partial charge on any atom is 0.165 e. The van der Waals surface area contributed by atoms with E-state index in [1.54, 1.807) is 22.7 Å². The summed E-state index contributed by atoms with van der Waals surface area (Å²) in [6.07, 6.45) is 0. The van der Waals surface area contributed by atoms with Crippen LogP contribution in [0.4, 0.5) is 0 Å². The first-order valence-corrected chi connectivity index (χ1v) is 18.2. The zero-order valence-corrected chi connectivity index (χ0v) is 28.4. The Labute approximate surface area is 307 Å². The molecule has 4 aromatic heterocycles. The van der Waals surface area contributed by atoms with Gasteiger partial charge in [0.1, 0.15) is 0 Å². The third-order valence-corrected chi connectivity index (χ3v) is 12.0. The van der Waals surface area contributed by atoms with E-state index in [2.05, 4.69) is 95.6 Å².